The van der Waals surface area contributed by atoms with Gasteiger partial charge >= 0.3 is 0 Å². The van der Waals surface area contributed by atoms with E-state index in [2.05, 4.69) is 10.6 Å². The maximum absolute atomic E-state index is 12.6. The Morgan fingerprint density at radius 3 is 2.46 bits per heavy atom. The normalized spacial score (nSPS) is 26.6. The molecule has 1 aliphatic heterocycles. The van der Waals surface area contributed by atoms with Crippen molar-refractivity contribution >= 4 is 5.91 Å². The lowest BCUT2D eigenvalue weighted by Gasteiger charge is -2.41. The first-order valence-corrected chi connectivity index (χ1v) is 10.4. The van der Waals surface area contributed by atoms with Gasteiger partial charge in [-0.3, -0.25) is 4.79 Å². The molecular formula is C20H38N6O2. The van der Waals surface area contributed by atoms with E-state index in [1.54, 1.807) is 27.0 Å². The summed E-state index contributed by atoms with van der Waals surface area (Å²) in [6, 6.07) is 0.872. The predicted molar refractivity (Wildman–Crippen MR) is 112 cm³/mol. The number of ether oxygens (including phenoxy) is 1. The first-order chi connectivity index (χ1) is 13.3. The van der Waals surface area contributed by atoms with Crippen molar-refractivity contribution in [3.05, 3.63) is 23.2 Å². The quantitative estimate of drug-likeness (QED) is 0.241. The number of nitrogens with two attached hydrogens (primary N) is 3. The zero-order valence-electron chi connectivity index (χ0n) is 17.5. The number of methoxy groups -OCH3 is 1. The molecule has 0 spiro atoms. The number of nitrogens with zero attached hydrogens (tertiary/aromatic N) is 1. The Hall–Kier alpha value is -1.77. The highest BCUT2D eigenvalue weighted by atomic mass is 16.5. The second-order valence-electron chi connectivity index (χ2n) is 8.07. The molecule has 1 saturated heterocycles. The van der Waals surface area contributed by atoms with Gasteiger partial charge in [0.25, 0.3) is 5.91 Å². The molecule has 0 bridgehead atoms. The summed E-state index contributed by atoms with van der Waals surface area (Å²) in [4.78, 5) is 14.6. The minimum atomic E-state index is -0.473. The first-order valence-electron chi connectivity index (χ1n) is 10.4. The molecule has 0 aromatic carbocycles. The van der Waals surface area contributed by atoms with E-state index < -0.39 is 6.17 Å². The van der Waals surface area contributed by atoms with Crippen molar-refractivity contribution in [3.63, 3.8) is 0 Å². The van der Waals surface area contributed by atoms with Crippen molar-refractivity contribution in [1.82, 2.24) is 15.5 Å². The third-order valence-electron chi connectivity index (χ3n) is 5.51. The van der Waals surface area contributed by atoms with Crippen molar-refractivity contribution in [2.24, 2.45) is 17.2 Å². The van der Waals surface area contributed by atoms with Gasteiger partial charge in [-0.25, -0.2) is 0 Å². The predicted octanol–water partition coefficient (Wildman–Crippen LogP) is 0.452. The lowest BCUT2D eigenvalue weighted by Crippen LogP contribution is -2.56. The van der Waals surface area contributed by atoms with Crippen molar-refractivity contribution < 1.29 is 9.53 Å². The zero-order chi connectivity index (χ0) is 20.7. The molecule has 1 saturated carbocycles. The number of piperidine rings is 1. The Morgan fingerprint density at radius 1 is 1.21 bits per heavy atom. The van der Waals surface area contributed by atoms with E-state index in [0.717, 1.165) is 13.0 Å². The third-order valence-corrected chi connectivity index (χ3v) is 5.51. The summed E-state index contributed by atoms with van der Waals surface area (Å²) in [5, 5.41) is 6.48. The molecule has 3 atom stereocenters. The molecule has 28 heavy (non-hydrogen) atoms. The van der Waals surface area contributed by atoms with Gasteiger partial charge in [-0.1, -0.05) is 19.3 Å². The van der Waals surface area contributed by atoms with Crippen molar-refractivity contribution in [1.29, 1.82) is 0 Å². The van der Waals surface area contributed by atoms with Crippen LogP contribution in [-0.2, 0) is 9.53 Å². The van der Waals surface area contributed by atoms with Crippen LogP contribution in [0.4, 0.5) is 0 Å². The zero-order valence-corrected chi connectivity index (χ0v) is 17.5. The van der Waals surface area contributed by atoms with Crippen LogP contribution in [0.3, 0.4) is 0 Å². The summed E-state index contributed by atoms with van der Waals surface area (Å²) in [6.45, 7) is 4.81. The molecule has 160 valence electrons. The standard InChI is InChI=1S/C20H38N6O2/c1-13(21)11-16(20(27)24-14(2)22)19(23)26-10-9-17(18(12-26)28-3)25-15-7-5-4-6-8-15/h11,14-15,17-18,25H,4-10,12,21-23H2,1-3H3,(H,24,27)/b13-11-,19-16-. The van der Waals surface area contributed by atoms with Gasteiger partial charge in [-0.15, -0.1) is 0 Å². The van der Waals surface area contributed by atoms with Crippen LogP contribution >= 0.6 is 0 Å². The lowest BCUT2D eigenvalue weighted by molar-refractivity contribution is -0.117. The van der Waals surface area contributed by atoms with Crippen molar-refractivity contribution in [3.8, 4) is 0 Å². The Labute approximate surface area is 168 Å². The van der Waals surface area contributed by atoms with Crippen LogP contribution in [0, 0.1) is 0 Å². The number of amides is 1. The Bertz CT molecular complexity index is 579. The number of rotatable bonds is 7. The van der Waals surface area contributed by atoms with E-state index >= 15 is 0 Å². The molecule has 8 N–H and O–H groups in total. The number of hydrogen-bond donors (Lipinski definition) is 5. The number of likely N-dealkylation sites (tertiary alicyclic amines) is 1. The topological polar surface area (TPSA) is 132 Å². The fourth-order valence-corrected chi connectivity index (χ4v) is 4.08. The smallest absolute Gasteiger partial charge is 0.256 e. The molecule has 2 rings (SSSR count). The highest BCUT2D eigenvalue weighted by Gasteiger charge is 2.32. The van der Waals surface area contributed by atoms with Crippen LogP contribution in [0.1, 0.15) is 52.4 Å². The Morgan fingerprint density at radius 2 is 1.89 bits per heavy atom. The molecular weight excluding hydrogens is 356 g/mol. The third kappa shape index (κ3) is 6.39. The monoisotopic (exact) mass is 394 g/mol. The number of hydrogen-bond acceptors (Lipinski definition) is 7. The van der Waals surface area contributed by atoms with Crippen LogP contribution in [0.15, 0.2) is 23.2 Å². The minimum Gasteiger partial charge on any atom is -0.402 e. The number of nitrogens with one attached hydrogen (secondary N) is 2. The molecule has 2 fully saturated rings. The summed E-state index contributed by atoms with van der Waals surface area (Å²) < 4.78 is 5.77. The summed E-state index contributed by atoms with van der Waals surface area (Å²) in [5.41, 5.74) is 18.8. The molecule has 0 aromatic heterocycles. The summed E-state index contributed by atoms with van der Waals surface area (Å²) in [7, 11) is 1.73. The lowest BCUT2D eigenvalue weighted by atomic mass is 9.92. The van der Waals surface area contributed by atoms with E-state index in [1.165, 1.54) is 32.1 Å². The van der Waals surface area contributed by atoms with Crippen molar-refractivity contribution in [2.75, 3.05) is 20.2 Å². The second-order valence-corrected chi connectivity index (χ2v) is 8.07. The molecule has 0 aromatic rings. The molecule has 2 aliphatic rings. The van der Waals surface area contributed by atoms with Gasteiger partial charge in [0.2, 0.25) is 0 Å². The fraction of sp³-hybridized carbons (Fsp3) is 0.750. The Kier molecular flexibility index (Phi) is 8.59. The molecule has 8 nitrogen and oxygen atoms in total. The maximum atomic E-state index is 12.6. The van der Waals surface area contributed by atoms with Gasteiger partial charge in [0.05, 0.1) is 17.8 Å². The van der Waals surface area contributed by atoms with Gasteiger partial charge in [-0.05, 0) is 39.2 Å². The van der Waals surface area contributed by atoms with E-state index in [9.17, 15) is 4.79 Å². The summed E-state index contributed by atoms with van der Waals surface area (Å²) in [6.07, 6.45) is 8.45. The second kappa shape index (κ2) is 10.7. The average Bonchev–Trinajstić information content (AvgIpc) is 2.66. The molecule has 1 amide bonds. The van der Waals surface area contributed by atoms with Crippen LogP contribution in [0.25, 0.3) is 0 Å². The van der Waals surface area contributed by atoms with Crippen molar-refractivity contribution in [2.45, 2.75) is 76.7 Å². The molecule has 8 heteroatoms. The first kappa shape index (κ1) is 22.5. The van der Waals surface area contributed by atoms with E-state index in [4.69, 9.17) is 21.9 Å². The van der Waals surface area contributed by atoms with E-state index in [0.29, 0.717) is 35.7 Å². The largest absolute Gasteiger partial charge is 0.402 e. The number of carbonyl (C=O) groups is 1. The average molecular weight is 395 g/mol. The van der Waals surface area contributed by atoms with Gasteiger partial charge in [0.15, 0.2) is 0 Å². The molecule has 1 aliphatic carbocycles. The van der Waals surface area contributed by atoms with Gasteiger partial charge in [0.1, 0.15) is 5.82 Å². The Balaban J connectivity index is 2.11. The molecule has 0 radical (unpaired) electrons. The van der Waals surface area contributed by atoms with Crippen LogP contribution in [0.5, 0.6) is 0 Å². The highest BCUT2D eigenvalue weighted by molar-refractivity contribution is 5.97. The molecule has 1 heterocycles. The van der Waals surface area contributed by atoms with Crippen LogP contribution in [0.2, 0.25) is 0 Å². The summed E-state index contributed by atoms with van der Waals surface area (Å²) in [5.74, 6) is 0.0786. The highest BCUT2D eigenvalue weighted by Crippen LogP contribution is 2.23. The fourth-order valence-electron chi connectivity index (χ4n) is 4.08. The van der Waals surface area contributed by atoms with Crippen LogP contribution < -0.4 is 27.8 Å². The number of carbonyl (C=O) groups excluding carboxylic acids is 1. The van der Waals surface area contributed by atoms with E-state index in [-0.39, 0.29) is 12.0 Å². The number of allylic oxidation sites excluding steroid dienone is 1. The molecule has 3 unspecified atom stereocenters. The van der Waals surface area contributed by atoms with E-state index in [1.807, 2.05) is 4.90 Å². The summed E-state index contributed by atoms with van der Waals surface area (Å²) >= 11 is 0. The van der Waals surface area contributed by atoms with Gasteiger partial charge in [-0.2, -0.15) is 0 Å². The maximum Gasteiger partial charge on any atom is 0.256 e. The van der Waals surface area contributed by atoms with Gasteiger partial charge < -0.3 is 37.5 Å². The van der Waals surface area contributed by atoms with Crippen LogP contribution in [-0.4, -0.2) is 55.4 Å². The minimum absolute atomic E-state index is 0.00919. The SMILES string of the molecule is COC1CN(/C(N)=C(/C=C(/C)N)C(=O)NC(C)N)CCC1NC1CCCCC1. The van der Waals surface area contributed by atoms with Gasteiger partial charge in [0, 0.05) is 38.0 Å².